The van der Waals surface area contributed by atoms with Gasteiger partial charge in [-0.2, -0.15) is 0 Å². The molecule has 0 bridgehead atoms. The van der Waals surface area contributed by atoms with Crippen molar-refractivity contribution in [3.8, 4) is 0 Å². The Hall–Kier alpha value is -1.54. The Morgan fingerprint density at radius 1 is 1.35 bits per heavy atom. The molecule has 6 nitrogen and oxygen atoms in total. The van der Waals surface area contributed by atoms with Gasteiger partial charge in [0.05, 0.1) is 16.8 Å². The Labute approximate surface area is 120 Å². The van der Waals surface area contributed by atoms with Crippen LogP contribution in [-0.4, -0.2) is 47.5 Å². The zero-order valence-electron chi connectivity index (χ0n) is 11.0. The first-order valence-electron chi connectivity index (χ1n) is 6.51. The summed E-state index contributed by atoms with van der Waals surface area (Å²) in [6.07, 6.45) is 0. The van der Waals surface area contributed by atoms with E-state index in [0.717, 1.165) is 10.2 Å². The maximum Gasteiger partial charge on any atom is 0.240 e. The highest BCUT2D eigenvalue weighted by molar-refractivity contribution is 7.22. The minimum absolute atomic E-state index is 0.0507. The topological polar surface area (TPSA) is 97.3 Å². The molecule has 1 aromatic heterocycles. The number of thiazole rings is 1. The number of hydrogen-bond donors (Lipinski definition) is 3. The molecule has 3 rings (SSSR count). The highest BCUT2D eigenvalue weighted by Crippen LogP contribution is 2.25. The van der Waals surface area contributed by atoms with Crippen molar-refractivity contribution in [3.63, 3.8) is 0 Å². The lowest BCUT2D eigenvalue weighted by atomic mass is 10.2. The van der Waals surface area contributed by atoms with Crippen LogP contribution in [0.25, 0.3) is 10.2 Å². The van der Waals surface area contributed by atoms with E-state index >= 15 is 0 Å². The fourth-order valence-corrected chi connectivity index (χ4v) is 3.24. The van der Waals surface area contributed by atoms with Gasteiger partial charge in [0.15, 0.2) is 5.13 Å². The van der Waals surface area contributed by atoms with Crippen LogP contribution in [0.4, 0.5) is 5.13 Å². The molecule has 1 fully saturated rings. The van der Waals surface area contributed by atoms with Gasteiger partial charge in [0, 0.05) is 25.2 Å². The van der Waals surface area contributed by atoms with Crippen molar-refractivity contribution in [3.05, 3.63) is 24.3 Å². The molecule has 0 unspecified atom stereocenters. The normalized spacial score (nSPS) is 23.3. The molecule has 1 amide bonds. The van der Waals surface area contributed by atoms with Crippen LogP contribution in [0.5, 0.6) is 0 Å². The van der Waals surface area contributed by atoms with Crippen LogP contribution in [0, 0.1) is 0 Å². The highest BCUT2D eigenvalue weighted by Gasteiger charge is 2.28. The Morgan fingerprint density at radius 3 is 2.75 bits per heavy atom. The van der Waals surface area contributed by atoms with Gasteiger partial charge in [0.2, 0.25) is 5.91 Å². The van der Waals surface area contributed by atoms with E-state index in [4.69, 9.17) is 11.5 Å². The van der Waals surface area contributed by atoms with E-state index in [0.29, 0.717) is 24.8 Å². The van der Waals surface area contributed by atoms with Gasteiger partial charge in [0.1, 0.15) is 0 Å². The molecule has 1 aliphatic heterocycles. The lowest BCUT2D eigenvalue weighted by Gasteiger charge is -2.13. The van der Waals surface area contributed by atoms with Gasteiger partial charge in [-0.3, -0.25) is 9.69 Å². The van der Waals surface area contributed by atoms with Crippen molar-refractivity contribution in [2.45, 2.75) is 12.1 Å². The highest BCUT2D eigenvalue weighted by atomic mass is 32.1. The minimum atomic E-state index is -0.0784. The van der Waals surface area contributed by atoms with E-state index in [-0.39, 0.29) is 18.0 Å². The second-order valence-corrected chi connectivity index (χ2v) is 6.09. The molecule has 0 aliphatic carbocycles. The molecule has 106 valence electrons. The van der Waals surface area contributed by atoms with Crippen LogP contribution in [0.2, 0.25) is 0 Å². The zero-order valence-corrected chi connectivity index (χ0v) is 11.8. The lowest BCUT2D eigenvalue weighted by molar-refractivity contribution is -0.117. The molecular formula is C13H17N5OS. The van der Waals surface area contributed by atoms with Gasteiger partial charge in [-0.1, -0.05) is 23.5 Å². The number of nitrogens with zero attached hydrogens (tertiary/aromatic N) is 2. The van der Waals surface area contributed by atoms with Crippen LogP contribution in [0.15, 0.2) is 24.3 Å². The summed E-state index contributed by atoms with van der Waals surface area (Å²) in [6, 6.07) is 7.71. The van der Waals surface area contributed by atoms with Crippen molar-refractivity contribution in [1.29, 1.82) is 0 Å². The molecule has 1 aromatic carbocycles. The number of fused-ring (bicyclic) bond motifs is 1. The van der Waals surface area contributed by atoms with E-state index in [1.54, 1.807) is 0 Å². The van der Waals surface area contributed by atoms with Gasteiger partial charge in [-0.05, 0) is 12.1 Å². The summed E-state index contributed by atoms with van der Waals surface area (Å²) < 4.78 is 1.06. The number of rotatable bonds is 3. The largest absolute Gasteiger partial charge is 0.325 e. The summed E-state index contributed by atoms with van der Waals surface area (Å²) in [5.41, 5.74) is 12.6. The second-order valence-electron chi connectivity index (χ2n) is 5.06. The summed E-state index contributed by atoms with van der Waals surface area (Å²) in [5, 5.41) is 3.46. The molecule has 2 heterocycles. The Morgan fingerprint density at radius 2 is 2.05 bits per heavy atom. The first kappa shape index (κ1) is 13.4. The lowest BCUT2D eigenvalue weighted by Crippen LogP contribution is -2.39. The average molecular weight is 291 g/mol. The maximum atomic E-state index is 12.0. The summed E-state index contributed by atoms with van der Waals surface area (Å²) in [6.45, 7) is 1.63. The number of anilines is 1. The van der Waals surface area contributed by atoms with Gasteiger partial charge in [-0.15, -0.1) is 0 Å². The summed E-state index contributed by atoms with van der Waals surface area (Å²) in [5.74, 6) is -0.0784. The predicted octanol–water partition coefficient (Wildman–Crippen LogP) is 0.205. The standard InChI is InChI=1S/C13H17N5OS/c14-8-5-18(6-9(8)15)7-12(19)17-13-16-10-3-1-2-4-11(10)20-13/h1-4,8-9H,5-7,14-15H2,(H,16,17,19)/t8-,9-/m1/s1. The molecule has 0 saturated carbocycles. The molecule has 20 heavy (non-hydrogen) atoms. The quantitative estimate of drug-likeness (QED) is 0.751. The van der Waals surface area contributed by atoms with Crippen LogP contribution >= 0.6 is 11.3 Å². The SMILES string of the molecule is N[C@@H]1CN(CC(=O)Nc2nc3ccccc3s2)C[C@H]1N. The zero-order chi connectivity index (χ0) is 14.1. The Balaban J connectivity index is 1.61. The number of aromatic nitrogens is 1. The Bertz CT molecular complexity index is 585. The average Bonchev–Trinajstić information content (AvgIpc) is 2.92. The molecule has 5 N–H and O–H groups in total. The fraction of sp³-hybridized carbons (Fsp3) is 0.385. The van der Waals surface area contributed by atoms with Crippen LogP contribution in [0.1, 0.15) is 0 Å². The van der Waals surface area contributed by atoms with Gasteiger partial charge >= 0.3 is 0 Å². The van der Waals surface area contributed by atoms with Crippen molar-refractivity contribution < 1.29 is 4.79 Å². The molecule has 1 aliphatic rings. The number of carbonyl (C=O) groups excluding carboxylic acids is 1. The van der Waals surface area contributed by atoms with Crippen LogP contribution in [-0.2, 0) is 4.79 Å². The summed E-state index contributed by atoms with van der Waals surface area (Å²) in [4.78, 5) is 18.3. The third-order valence-corrected chi connectivity index (χ3v) is 4.35. The summed E-state index contributed by atoms with van der Waals surface area (Å²) in [7, 11) is 0. The molecule has 0 spiro atoms. The molecule has 7 heteroatoms. The minimum Gasteiger partial charge on any atom is -0.325 e. The second kappa shape index (κ2) is 5.45. The molecule has 1 saturated heterocycles. The maximum absolute atomic E-state index is 12.0. The molecular weight excluding hydrogens is 274 g/mol. The van der Waals surface area contributed by atoms with E-state index in [2.05, 4.69) is 10.3 Å². The number of nitrogens with two attached hydrogens (primary N) is 2. The summed E-state index contributed by atoms with van der Waals surface area (Å²) >= 11 is 1.47. The monoisotopic (exact) mass is 291 g/mol. The first-order chi connectivity index (χ1) is 9.61. The van der Waals surface area contributed by atoms with Gasteiger partial charge in [0.25, 0.3) is 0 Å². The Kier molecular flexibility index (Phi) is 3.66. The van der Waals surface area contributed by atoms with E-state index in [1.165, 1.54) is 11.3 Å². The van der Waals surface area contributed by atoms with Crippen molar-refractivity contribution in [2.24, 2.45) is 11.5 Å². The van der Waals surface area contributed by atoms with E-state index < -0.39 is 0 Å². The van der Waals surface area contributed by atoms with Gasteiger partial charge < -0.3 is 16.8 Å². The van der Waals surface area contributed by atoms with Crippen molar-refractivity contribution >= 4 is 32.6 Å². The molecule has 2 atom stereocenters. The van der Waals surface area contributed by atoms with E-state index in [1.807, 2.05) is 29.2 Å². The van der Waals surface area contributed by atoms with E-state index in [9.17, 15) is 4.79 Å². The number of para-hydroxylation sites is 1. The van der Waals surface area contributed by atoms with Crippen LogP contribution in [0.3, 0.4) is 0 Å². The predicted molar refractivity (Wildman–Crippen MR) is 80.6 cm³/mol. The number of benzene rings is 1. The molecule has 2 aromatic rings. The third kappa shape index (κ3) is 2.80. The number of nitrogens with one attached hydrogen (secondary N) is 1. The molecule has 0 radical (unpaired) electrons. The number of likely N-dealkylation sites (tertiary alicyclic amines) is 1. The smallest absolute Gasteiger partial charge is 0.240 e. The van der Waals surface area contributed by atoms with Crippen molar-refractivity contribution in [1.82, 2.24) is 9.88 Å². The number of amides is 1. The number of carbonyl (C=O) groups is 1. The van der Waals surface area contributed by atoms with Gasteiger partial charge in [-0.25, -0.2) is 4.98 Å². The van der Waals surface area contributed by atoms with Crippen LogP contribution < -0.4 is 16.8 Å². The first-order valence-corrected chi connectivity index (χ1v) is 7.32. The fourth-order valence-electron chi connectivity index (χ4n) is 2.36. The third-order valence-electron chi connectivity index (χ3n) is 3.40. The van der Waals surface area contributed by atoms with Crippen molar-refractivity contribution in [2.75, 3.05) is 25.0 Å². The number of hydrogen-bond acceptors (Lipinski definition) is 6.